The largest absolute Gasteiger partial charge is 0.491 e. The van der Waals surface area contributed by atoms with E-state index in [1.54, 1.807) is 0 Å². The van der Waals surface area contributed by atoms with Crippen LogP contribution >= 0.6 is 31.9 Å². The third-order valence-corrected chi connectivity index (χ3v) is 4.53. The molecule has 1 saturated carbocycles. The monoisotopic (exact) mass is 403 g/mol. The maximum Gasteiger partial charge on any atom is 0.147 e. The van der Waals surface area contributed by atoms with Gasteiger partial charge >= 0.3 is 0 Å². The molecule has 0 radical (unpaired) electrons. The van der Waals surface area contributed by atoms with Gasteiger partial charge in [-0.25, -0.2) is 0 Å². The summed E-state index contributed by atoms with van der Waals surface area (Å²) in [6.45, 7) is 8.18. The fraction of sp³-hybridized carbons (Fsp3) is 0.625. The van der Waals surface area contributed by atoms with Gasteiger partial charge in [-0.3, -0.25) is 0 Å². The predicted molar refractivity (Wildman–Crippen MR) is 91.3 cm³/mol. The van der Waals surface area contributed by atoms with E-state index in [0.29, 0.717) is 0 Å². The van der Waals surface area contributed by atoms with Crippen molar-refractivity contribution in [1.82, 2.24) is 5.32 Å². The Morgan fingerprint density at radius 2 is 1.80 bits per heavy atom. The summed E-state index contributed by atoms with van der Waals surface area (Å²) in [4.78, 5) is 0. The first-order chi connectivity index (χ1) is 9.35. The summed E-state index contributed by atoms with van der Waals surface area (Å²) in [7, 11) is 0. The Kier molecular flexibility index (Phi) is 5.55. The normalized spacial score (nSPS) is 15.4. The van der Waals surface area contributed by atoms with Crippen molar-refractivity contribution in [2.45, 2.75) is 52.1 Å². The van der Waals surface area contributed by atoms with Gasteiger partial charge in [-0.05, 0) is 82.7 Å². The second kappa shape index (κ2) is 6.80. The second-order valence-electron chi connectivity index (χ2n) is 6.57. The highest BCUT2D eigenvalue weighted by Crippen LogP contribution is 2.36. The van der Waals surface area contributed by atoms with Crippen LogP contribution in [0.2, 0.25) is 0 Å². The highest BCUT2D eigenvalue weighted by molar-refractivity contribution is 9.11. The molecular weight excluding hydrogens is 382 g/mol. The van der Waals surface area contributed by atoms with Crippen molar-refractivity contribution in [1.29, 1.82) is 0 Å². The van der Waals surface area contributed by atoms with Gasteiger partial charge in [0.15, 0.2) is 0 Å². The Morgan fingerprint density at radius 3 is 2.30 bits per heavy atom. The summed E-state index contributed by atoms with van der Waals surface area (Å²) in [6, 6.07) is 4.27. The van der Waals surface area contributed by atoms with Crippen molar-refractivity contribution >= 4 is 31.9 Å². The average molecular weight is 405 g/mol. The van der Waals surface area contributed by atoms with Crippen LogP contribution in [0.1, 0.15) is 45.6 Å². The van der Waals surface area contributed by atoms with Gasteiger partial charge in [-0.2, -0.15) is 0 Å². The molecule has 1 fully saturated rings. The van der Waals surface area contributed by atoms with Crippen LogP contribution in [0.4, 0.5) is 0 Å². The van der Waals surface area contributed by atoms with Crippen LogP contribution in [0.15, 0.2) is 21.1 Å². The smallest absolute Gasteiger partial charge is 0.147 e. The lowest BCUT2D eigenvalue weighted by molar-refractivity contribution is 0.298. The molecular formula is C16H23Br2NO. The van der Waals surface area contributed by atoms with Crippen LogP contribution in [0.25, 0.3) is 0 Å². The van der Waals surface area contributed by atoms with E-state index in [1.807, 2.05) is 0 Å². The Balaban J connectivity index is 1.95. The molecule has 0 atom stereocenters. The van der Waals surface area contributed by atoms with Crippen LogP contribution in [0.3, 0.4) is 0 Å². The lowest BCUT2D eigenvalue weighted by Crippen LogP contribution is -2.35. The molecule has 0 unspecified atom stereocenters. The summed E-state index contributed by atoms with van der Waals surface area (Å²) in [5, 5.41) is 3.50. The summed E-state index contributed by atoms with van der Waals surface area (Å²) < 4.78 is 7.95. The van der Waals surface area contributed by atoms with Gasteiger partial charge in [0.25, 0.3) is 0 Å². The van der Waals surface area contributed by atoms with E-state index in [0.717, 1.165) is 33.8 Å². The fourth-order valence-electron chi connectivity index (χ4n) is 1.95. The van der Waals surface area contributed by atoms with Crippen LogP contribution in [0, 0.1) is 5.92 Å². The number of hydrogen-bond acceptors (Lipinski definition) is 2. The third kappa shape index (κ3) is 5.38. The first-order valence-electron chi connectivity index (χ1n) is 7.21. The Hall–Kier alpha value is -0.0600. The van der Waals surface area contributed by atoms with Crippen molar-refractivity contribution in [2.24, 2.45) is 5.92 Å². The van der Waals surface area contributed by atoms with Gasteiger partial charge in [0.2, 0.25) is 0 Å². The lowest BCUT2D eigenvalue weighted by Gasteiger charge is -2.21. The summed E-state index contributed by atoms with van der Waals surface area (Å²) in [5.41, 5.74) is 1.37. The zero-order valence-electron chi connectivity index (χ0n) is 12.4. The number of ether oxygens (including phenoxy) is 1. The van der Waals surface area contributed by atoms with Crippen molar-refractivity contribution in [3.63, 3.8) is 0 Å². The maximum atomic E-state index is 5.90. The third-order valence-electron chi connectivity index (χ3n) is 3.35. The number of rotatable bonds is 6. The molecule has 0 heterocycles. The highest BCUT2D eigenvalue weighted by Gasteiger charge is 2.21. The predicted octanol–water partition coefficient (Wildman–Crippen LogP) is 5.28. The minimum Gasteiger partial charge on any atom is -0.491 e. The van der Waals surface area contributed by atoms with E-state index in [1.165, 1.54) is 24.8 Å². The first-order valence-corrected chi connectivity index (χ1v) is 8.79. The van der Waals surface area contributed by atoms with Gasteiger partial charge < -0.3 is 10.1 Å². The van der Waals surface area contributed by atoms with Crippen LogP contribution in [-0.2, 0) is 6.54 Å². The molecule has 1 aromatic carbocycles. The van der Waals surface area contributed by atoms with Gasteiger partial charge in [0.1, 0.15) is 5.75 Å². The van der Waals surface area contributed by atoms with Crippen molar-refractivity contribution < 1.29 is 4.74 Å². The molecule has 0 amide bonds. The molecule has 1 aromatic rings. The van der Waals surface area contributed by atoms with E-state index < -0.39 is 0 Å². The lowest BCUT2D eigenvalue weighted by atomic mass is 10.1. The van der Waals surface area contributed by atoms with Gasteiger partial charge in [0, 0.05) is 12.1 Å². The molecule has 1 aliphatic carbocycles. The molecule has 0 aliphatic heterocycles. The van der Waals surface area contributed by atoms with Crippen molar-refractivity contribution in [3.8, 4) is 5.75 Å². The van der Waals surface area contributed by atoms with E-state index >= 15 is 0 Å². The molecule has 2 rings (SSSR count). The van der Waals surface area contributed by atoms with Crippen molar-refractivity contribution in [2.75, 3.05) is 6.61 Å². The quantitative estimate of drug-likeness (QED) is 0.696. The average Bonchev–Trinajstić information content (AvgIpc) is 3.13. The Labute approximate surface area is 138 Å². The highest BCUT2D eigenvalue weighted by atomic mass is 79.9. The summed E-state index contributed by atoms with van der Waals surface area (Å²) in [6.07, 6.45) is 3.93. The van der Waals surface area contributed by atoms with E-state index in [9.17, 15) is 0 Å². The molecule has 4 heteroatoms. The Bertz CT molecular complexity index is 441. The van der Waals surface area contributed by atoms with Crippen molar-refractivity contribution in [3.05, 3.63) is 26.6 Å². The molecule has 1 N–H and O–H groups in total. The van der Waals surface area contributed by atoms with Gasteiger partial charge in [0.05, 0.1) is 15.6 Å². The standard InChI is InChI=1S/C16H23Br2NO/c1-16(2,3)19-10-12-8-13(17)15(14(18)9-12)20-7-6-11-4-5-11/h8-9,11,19H,4-7,10H2,1-3H3. The number of halogens is 2. The topological polar surface area (TPSA) is 21.3 Å². The zero-order chi connectivity index (χ0) is 14.8. The molecule has 0 saturated heterocycles. The first kappa shape index (κ1) is 16.3. The molecule has 0 aromatic heterocycles. The van der Waals surface area contributed by atoms with Crippen LogP contribution in [0.5, 0.6) is 5.75 Å². The zero-order valence-corrected chi connectivity index (χ0v) is 15.6. The van der Waals surface area contributed by atoms with Crippen LogP contribution in [-0.4, -0.2) is 12.1 Å². The van der Waals surface area contributed by atoms with E-state index in [4.69, 9.17) is 4.74 Å². The fourth-order valence-corrected chi connectivity index (χ4v) is 3.46. The number of benzene rings is 1. The number of nitrogens with one attached hydrogen (secondary N) is 1. The van der Waals surface area contributed by atoms with Gasteiger partial charge in [-0.1, -0.05) is 12.8 Å². The molecule has 2 nitrogen and oxygen atoms in total. The number of hydrogen-bond donors (Lipinski definition) is 1. The van der Waals surface area contributed by atoms with Crippen LogP contribution < -0.4 is 10.1 Å². The molecule has 0 bridgehead atoms. The SMILES string of the molecule is CC(C)(C)NCc1cc(Br)c(OCCC2CC2)c(Br)c1. The minimum absolute atomic E-state index is 0.123. The second-order valence-corrected chi connectivity index (χ2v) is 8.28. The molecule has 0 spiro atoms. The maximum absolute atomic E-state index is 5.90. The molecule has 1 aliphatic rings. The molecule has 20 heavy (non-hydrogen) atoms. The van der Waals surface area contributed by atoms with E-state index in [-0.39, 0.29) is 5.54 Å². The molecule has 112 valence electrons. The summed E-state index contributed by atoms with van der Waals surface area (Å²) in [5.74, 6) is 1.83. The summed E-state index contributed by atoms with van der Waals surface area (Å²) >= 11 is 7.24. The van der Waals surface area contributed by atoms with E-state index in [2.05, 4.69) is 70.1 Å². The Morgan fingerprint density at radius 1 is 1.20 bits per heavy atom. The minimum atomic E-state index is 0.123. The van der Waals surface area contributed by atoms with Gasteiger partial charge in [-0.15, -0.1) is 0 Å².